The van der Waals surface area contributed by atoms with Gasteiger partial charge in [-0.1, -0.05) is 37.8 Å². The highest BCUT2D eigenvalue weighted by atomic mass is 19.1. The molecule has 0 amide bonds. The van der Waals surface area contributed by atoms with Crippen LogP contribution in [-0.2, 0) is 6.42 Å². The molecule has 20 heavy (non-hydrogen) atoms. The molecule has 1 fully saturated rings. The third-order valence-corrected chi connectivity index (χ3v) is 4.35. The van der Waals surface area contributed by atoms with Gasteiger partial charge >= 0.3 is 0 Å². The normalized spacial score (nSPS) is 18.4. The maximum Gasteiger partial charge on any atom is 0.123 e. The van der Waals surface area contributed by atoms with E-state index in [4.69, 9.17) is 0 Å². The zero-order valence-electron chi connectivity index (χ0n) is 13.1. The molecule has 1 aliphatic carbocycles. The summed E-state index contributed by atoms with van der Waals surface area (Å²) in [5.41, 5.74) is 1.29. The Morgan fingerprint density at radius 3 is 2.55 bits per heavy atom. The van der Waals surface area contributed by atoms with Crippen LogP contribution in [0.5, 0.6) is 0 Å². The second-order valence-electron chi connectivity index (χ2n) is 7.27. The first-order valence-corrected chi connectivity index (χ1v) is 7.93. The van der Waals surface area contributed by atoms with Crippen molar-refractivity contribution in [1.29, 1.82) is 0 Å². The Bertz CT molecular complexity index is 416. The van der Waals surface area contributed by atoms with E-state index >= 15 is 0 Å². The van der Waals surface area contributed by atoms with E-state index in [9.17, 15) is 4.39 Å². The van der Waals surface area contributed by atoms with E-state index in [2.05, 4.69) is 32.2 Å². The number of hydrogen-bond donors (Lipinski definition) is 1. The molecule has 2 rings (SSSR count). The average Bonchev–Trinajstić information content (AvgIpc) is 2.87. The Balaban J connectivity index is 2.01. The Morgan fingerprint density at radius 1 is 1.25 bits per heavy atom. The summed E-state index contributed by atoms with van der Waals surface area (Å²) in [6.45, 7) is 7.66. The lowest BCUT2D eigenvalue weighted by atomic mass is 9.85. The van der Waals surface area contributed by atoms with E-state index in [1.54, 1.807) is 6.07 Å². The number of rotatable bonds is 5. The fraction of sp³-hybridized carbons (Fsp3) is 0.667. The third kappa shape index (κ3) is 4.90. The predicted molar refractivity (Wildman–Crippen MR) is 83.3 cm³/mol. The van der Waals surface area contributed by atoms with Gasteiger partial charge in [0.15, 0.2) is 0 Å². The first kappa shape index (κ1) is 15.5. The van der Waals surface area contributed by atoms with E-state index in [0.29, 0.717) is 5.92 Å². The van der Waals surface area contributed by atoms with Crippen molar-refractivity contribution in [3.05, 3.63) is 35.6 Å². The highest BCUT2D eigenvalue weighted by molar-refractivity contribution is 5.17. The van der Waals surface area contributed by atoms with Crippen LogP contribution in [0.2, 0.25) is 0 Å². The Labute approximate surface area is 123 Å². The molecule has 0 bridgehead atoms. The molecule has 1 aromatic rings. The number of nitrogens with one attached hydrogen (secondary N) is 1. The molecule has 0 aromatic heterocycles. The second-order valence-corrected chi connectivity index (χ2v) is 7.27. The van der Waals surface area contributed by atoms with Crippen molar-refractivity contribution in [2.24, 2.45) is 11.8 Å². The van der Waals surface area contributed by atoms with Crippen LogP contribution in [0.3, 0.4) is 0 Å². The van der Waals surface area contributed by atoms with Gasteiger partial charge in [0, 0.05) is 5.54 Å². The van der Waals surface area contributed by atoms with Gasteiger partial charge in [0.25, 0.3) is 0 Å². The molecular formula is C18H28FN. The summed E-state index contributed by atoms with van der Waals surface area (Å²) >= 11 is 0. The monoisotopic (exact) mass is 277 g/mol. The van der Waals surface area contributed by atoms with E-state index in [1.165, 1.54) is 31.7 Å². The van der Waals surface area contributed by atoms with Gasteiger partial charge in [-0.2, -0.15) is 0 Å². The van der Waals surface area contributed by atoms with Crippen LogP contribution in [0.1, 0.15) is 52.0 Å². The van der Waals surface area contributed by atoms with Gasteiger partial charge in [-0.25, -0.2) is 4.39 Å². The fourth-order valence-electron chi connectivity index (χ4n) is 3.24. The first-order valence-electron chi connectivity index (χ1n) is 7.93. The summed E-state index contributed by atoms with van der Waals surface area (Å²) in [4.78, 5) is 0. The van der Waals surface area contributed by atoms with Crippen LogP contribution in [0.15, 0.2) is 24.3 Å². The molecule has 1 aromatic carbocycles. The maximum absolute atomic E-state index is 13.4. The molecule has 0 heterocycles. The van der Waals surface area contributed by atoms with Crippen LogP contribution in [0.4, 0.5) is 4.39 Å². The third-order valence-electron chi connectivity index (χ3n) is 4.35. The molecule has 1 saturated carbocycles. The minimum Gasteiger partial charge on any atom is -0.312 e. The second kappa shape index (κ2) is 6.71. The summed E-state index contributed by atoms with van der Waals surface area (Å²) in [5, 5.41) is 3.64. The average molecular weight is 277 g/mol. The smallest absolute Gasteiger partial charge is 0.123 e. The van der Waals surface area contributed by atoms with Gasteiger partial charge in [0.2, 0.25) is 0 Å². The van der Waals surface area contributed by atoms with E-state index < -0.39 is 0 Å². The quantitative estimate of drug-likeness (QED) is 0.831. The van der Waals surface area contributed by atoms with Gasteiger partial charge in [-0.05, 0) is 63.3 Å². The van der Waals surface area contributed by atoms with Crippen molar-refractivity contribution < 1.29 is 4.39 Å². The van der Waals surface area contributed by atoms with Crippen molar-refractivity contribution in [2.75, 3.05) is 6.54 Å². The lowest BCUT2D eigenvalue weighted by molar-refractivity contribution is 0.286. The Kier molecular flexibility index (Phi) is 5.20. The van der Waals surface area contributed by atoms with Crippen LogP contribution in [-0.4, -0.2) is 12.1 Å². The zero-order valence-corrected chi connectivity index (χ0v) is 13.1. The standard InChI is InChI=1S/C18H28FN/c1-18(2,3)20-13-16(15-8-4-5-9-15)11-14-7-6-10-17(19)12-14/h6-7,10,12,15-16,20H,4-5,8-9,11,13H2,1-3H3. The Morgan fingerprint density at radius 2 is 1.95 bits per heavy atom. The summed E-state index contributed by atoms with van der Waals surface area (Å²) in [6.07, 6.45) is 6.39. The predicted octanol–water partition coefficient (Wildman–Crippen LogP) is 4.56. The van der Waals surface area contributed by atoms with Crippen molar-refractivity contribution in [1.82, 2.24) is 5.32 Å². The van der Waals surface area contributed by atoms with Crippen molar-refractivity contribution >= 4 is 0 Å². The van der Waals surface area contributed by atoms with Crippen LogP contribution < -0.4 is 5.32 Å². The molecule has 0 spiro atoms. The molecule has 1 nitrogen and oxygen atoms in total. The van der Waals surface area contributed by atoms with E-state index in [0.717, 1.165) is 24.4 Å². The fourth-order valence-corrected chi connectivity index (χ4v) is 3.24. The topological polar surface area (TPSA) is 12.0 Å². The van der Waals surface area contributed by atoms with Crippen LogP contribution >= 0.6 is 0 Å². The van der Waals surface area contributed by atoms with Gasteiger partial charge in [-0.15, -0.1) is 0 Å². The summed E-state index contributed by atoms with van der Waals surface area (Å²) in [6, 6.07) is 7.11. The van der Waals surface area contributed by atoms with Crippen molar-refractivity contribution in [3.63, 3.8) is 0 Å². The molecule has 0 aliphatic heterocycles. The minimum absolute atomic E-state index is 0.114. The molecule has 0 radical (unpaired) electrons. The highest BCUT2D eigenvalue weighted by Crippen LogP contribution is 2.33. The summed E-state index contributed by atoms with van der Waals surface area (Å²) in [5.74, 6) is 1.31. The summed E-state index contributed by atoms with van der Waals surface area (Å²) in [7, 11) is 0. The van der Waals surface area contributed by atoms with Crippen LogP contribution in [0.25, 0.3) is 0 Å². The van der Waals surface area contributed by atoms with Crippen molar-refractivity contribution in [2.45, 2.75) is 58.4 Å². The lowest BCUT2D eigenvalue weighted by Crippen LogP contribution is -2.41. The molecule has 1 atom stereocenters. The van der Waals surface area contributed by atoms with Gasteiger partial charge in [0.1, 0.15) is 5.82 Å². The minimum atomic E-state index is -0.114. The largest absolute Gasteiger partial charge is 0.312 e. The highest BCUT2D eigenvalue weighted by Gasteiger charge is 2.26. The number of benzene rings is 1. The van der Waals surface area contributed by atoms with E-state index in [-0.39, 0.29) is 11.4 Å². The van der Waals surface area contributed by atoms with Crippen molar-refractivity contribution in [3.8, 4) is 0 Å². The number of hydrogen-bond acceptors (Lipinski definition) is 1. The summed E-state index contributed by atoms with van der Waals surface area (Å²) < 4.78 is 13.4. The van der Waals surface area contributed by atoms with Crippen LogP contribution in [0, 0.1) is 17.7 Å². The zero-order chi connectivity index (χ0) is 14.6. The maximum atomic E-state index is 13.4. The Hall–Kier alpha value is -0.890. The molecule has 1 aliphatic rings. The number of halogens is 1. The molecule has 1 unspecified atom stereocenters. The molecular weight excluding hydrogens is 249 g/mol. The van der Waals surface area contributed by atoms with Gasteiger partial charge in [-0.3, -0.25) is 0 Å². The molecule has 1 N–H and O–H groups in total. The molecule has 112 valence electrons. The molecule has 0 saturated heterocycles. The van der Waals surface area contributed by atoms with Gasteiger partial charge in [0.05, 0.1) is 0 Å². The first-order chi connectivity index (χ1) is 9.44. The van der Waals surface area contributed by atoms with Gasteiger partial charge < -0.3 is 5.32 Å². The lowest BCUT2D eigenvalue weighted by Gasteiger charge is -2.29. The molecule has 2 heteroatoms. The van der Waals surface area contributed by atoms with E-state index in [1.807, 2.05) is 6.07 Å². The SMILES string of the molecule is CC(C)(C)NCC(Cc1cccc(F)c1)C1CCCC1.